The molecule has 1 aromatic rings. The number of hydrogen-bond acceptors (Lipinski definition) is 2. The molecule has 2 heteroatoms. The Balaban J connectivity index is 1.77. The van der Waals surface area contributed by atoms with E-state index in [0.717, 1.165) is 19.3 Å². The van der Waals surface area contributed by atoms with Gasteiger partial charge in [-0.05, 0) is 49.8 Å². The van der Waals surface area contributed by atoms with Crippen molar-refractivity contribution < 1.29 is 5.11 Å². The normalized spacial score (nSPS) is 18.1. The van der Waals surface area contributed by atoms with Gasteiger partial charge in [0.05, 0.1) is 0 Å². The molecule has 0 aromatic heterocycles. The van der Waals surface area contributed by atoms with Crippen molar-refractivity contribution in [2.45, 2.75) is 37.6 Å². The Morgan fingerprint density at radius 2 is 1.86 bits per heavy atom. The summed E-state index contributed by atoms with van der Waals surface area (Å²) in [6.07, 6.45) is 5.75. The maximum absolute atomic E-state index is 9.10. The van der Waals surface area contributed by atoms with Crippen molar-refractivity contribution in [3.05, 3.63) is 29.8 Å². The number of rotatable bonds is 4. The molecule has 0 amide bonds. The Hall–Kier alpha value is -1.02. The largest absolute Gasteiger partial charge is 0.508 e. The number of phenolic OH excluding ortho intramolecular Hbond substituents is 1. The van der Waals surface area contributed by atoms with Gasteiger partial charge in [0.2, 0.25) is 0 Å². The van der Waals surface area contributed by atoms with E-state index in [1.165, 1.54) is 18.4 Å². The molecule has 1 aromatic carbocycles. The zero-order chi connectivity index (χ0) is 10.0. The Labute approximate surface area is 84.7 Å². The van der Waals surface area contributed by atoms with Gasteiger partial charge in [0.25, 0.3) is 0 Å². The lowest BCUT2D eigenvalue weighted by atomic mass is 10.0. The monoisotopic (exact) mass is 191 g/mol. The first kappa shape index (κ1) is 9.53. The molecule has 0 radical (unpaired) electrons. The summed E-state index contributed by atoms with van der Waals surface area (Å²) in [7, 11) is 0. The maximum Gasteiger partial charge on any atom is 0.115 e. The zero-order valence-electron chi connectivity index (χ0n) is 8.37. The number of nitrogens with two attached hydrogens (primary N) is 1. The van der Waals surface area contributed by atoms with E-state index in [4.69, 9.17) is 10.8 Å². The highest BCUT2D eigenvalue weighted by atomic mass is 16.3. The SMILES string of the molecule is NC1(CCCc2ccc(O)cc2)CC1. The van der Waals surface area contributed by atoms with Crippen molar-refractivity contribution in [3.63, 3.8) is 0 Å². The van der Waals surface area contributed by atoms with Crippen LogP contribution in [0, 0.1) is 0 Å². The Morgan fingerprint density at radius 3 is 2.43 bits per heavy atom. The van der Waals surface area contributed by atoms with Gasteiger partial charge >= 0.3 is 0 Å². The first-order valence-corrected chi connectivity index (χ1v) is 5.25. The molecule has 0 heterocycles. The summed E-state index contributed by atoms with van der Waals surface area (Å²) in [4.78, 5) is 0. The molecule has 0 atom stereocenters. The average Bonchev–Trinajstić information content (AvgIpc) is 2.88. The molecule has 1 aliphatic rings. The van der Waals surface area contributed by atoms with Gasteiger partial charge in [0.15, 0.2) is 0 Å². The predicted octanol–water partition coefficient (Wildman–Crippen LogP) is 2.21. The second-order valence-electron chi connectivity index (χ2n) is 4.38. The molecule has 1 aliphatic carbocycles. The first-order chi connectivity index (χ1) is 6.68. The minimum Gasteiger partial charge on any atom is -0.508 e. The van der Waals surface area contributed by atoms with Gasteiger partial charge in [0, 0.05) is 5.54 Å². The molecule has 0 spiro atoms. The summed E-state index contributed by atoms with van der Waals surface area (Å²) < 4.78 is 0. The van der Waals surface area contributed by atoms with Crippen molar-refractivity contribution in [1.29, 1.82) is 0 Å². The van der Waals surface area contributed by atoms with Crippen LogP contribution >= 0.6 is 0 Å². The van der Waals surface area contributed by atoms with E-state index in [1.54, 1.807) is 12.1 Å². The maximum atomic E-state index is 9.10. The third-order valence-electron chi connectivity index (χ3n) is 2.97. The van der Waals surface area contributed by atoms with Crippen molar-refractivity contribution in [2.24, 2.45) is 5.73 Å². The predicted molar refractivity (Wildman–Crippen MR) is 57.2 cm³/mol. The number of benzene rings is 1. The summed E-state index contributed by atoms with van der Waals surface area (Å²) >= 11 is 0. The number of aryl methyl sites for hydroxylation is 1. The summed E-state index contributed by atoms with van der Waals surface area (Å²) in [6.45, 7) is 0. The Morgan fingerprint density at radius 1 is 1.21 bits per heavy atom. The quantitative estimate of drug-likeness (QED) is 0.766. The second kappa shape index (κ2) is 3.62. The lowest BCUT2D eigenvalue weighted by Crippen LogP contribution is -2.21. The summed E-state index contributed by atoms with van der Waals surface area (Å²) in [5.74, 6) is 0.339. The standard InChI is InChI=1S/C12H17NO/c13-12(8-9-12)7-1-2-10-3-5-11(14)6-4-10/h3-6,14H,1-2,7-9,13H2. The van der Waals surface area contributed by atoms with E-state index in [1.807, 2.05) is 12.1 Å². The van der Waals surface area contributed by atoms with Gasteiger partial charge in [-0.2, -0.15) is 0 Å². The number of hydrogen-bond donors (Lipinski definition) is 2. The van der Waals surface area contributed by atoms with Crippen molar-refractivity contribution >= 4 is 0 Å². The fraction of sp³-hybridized carbons (Fsp3) is 0.500. The molecular formula is C12H17NO. The van der Waals surface area contributed by atoms with Crippen molar-refractivity contribution in [1.82, 2.24) is 0 Å². The molecule has 3 N–H and O–H groups in total. The van der Waals surface area contributed by atoms with E-state index < -0.39 is 0 Å². The van der Waals surface area contributed by atoms with E-state index in [-0.39, 0.29) is 5.54 Å². The highest BCUT2D eigenvalue weighted by molar-refractivity contribution is 5.25. The van der Waals surface area contributed by atoms with Gasteiger partial charge in [-0.1, -0.05) is 12.1 Å². The van der Waals surface area contributed by atoms with Crippen LogP contribution in [-0.4, -0.2) is 10.6 Å². The summed E-state index contributed by atoms with van der Waals surface area (Å²) in [5, 5.41) is 9.10. The molecule has 76 valence electrons. The third-order valence-corrected chi connectivity index (χ3v) is 2.97. The van der Waals surface area contributed by atoms with E-state index in [9.17, 15) is 0 Å². The molecule has 1 fully saturated rings. The Bertz CT molecular complexity index is 301. The fourth-order valence-electron chi connectivity index (χ4n) is 1.72. The smallest absolute Gasteiger partial charge is 0.115 e. The third kappa shape index (κ3) is 2.48. The van der Waals surface area contributed by atoms with Crippen LogP contribution in [0.15, 0.2) is 24.3 Å². The molecule has 0 bridgehead atoms. The molecule has 0 aliphatic heterocycles. The van der Waals surface area contributed by atoms with Crippen LogP contribution in [-0.2, 0) is 6.42 Å². The number of phenols is 1. The second-order valence-corrected chi connectivity index (χ2v) is 4.38. The zero-order valence-corrected chi connectivity index (χ0v) is 8.37. The van der Waals surface area contributed by atoms with E-state index in [2.05, 4.69) is 0 Å². The number of aromatic hydroxyl groups is 1. The van der Waals surface area contributed by atoms with Crippen LogP contribution in [0.5, 0.6) is 5.75 Å². The van der Waals surface area contributed by atoms with Gasteiger partial charge < -0.3 is 10.8 Å². The molecule has 2 rings (SSSR count). The minimum atomic E-state index is 0.177. The average molecular weight is 191 g/mol. The van der Waals surface area contributed by atoms with Crippen molar-refractivity contribution in [2.75, 3.05) is 0 Å². The van der Waals surface area contributed by atoms with Gasteiger partial charge in [0.1, 0.15) is 5.75 Å². The highest BCUT2D eigenvalue weighted by Gasteiger charge is 2.36. The molecule has 0 unspecified atom stereocenters. The Kier molecular flexibility index (Phi) is 2.46. The van der Waals surface area contributed by atoms with Gasteiger partial charge in [-0.3, -0.25) is 0 Å². The summed E-state index contributed by atoms with van der Waals surface area (Å²) in [6, 6.07) is 7.44. The van der Waals surface area contributed by atoms with Gasteiger partial charge in [-0.15, -0.1) is 0 Å². The van der Waals surface area contributed by atoms with Crippen LogP contribution < -0.4 is 5.73 Å². The van der Waals surface area contributed by atoms with E-state index in [0.29, 0.717) is 5.75 Å². The summed E-state index contributed by atoms with van der Waals surface area (Å²) in [5.41, 5.74) is 7.46. The van der Waals surface area contributed by atoms with Crippen LogP contribution in [0.3, 0.4) is 0 Å². The fourth-order valence-corrected chi connectivity index (χ4v) is 1.72. The minimum absolute atomic E-state index is 0.177. The van der Waals surface area contributed by atoms with Crippen LogP contribution in [0.25, 0.3) is 0 Å². The molecule has 14 heavy (non-hydrogen) atoms. The molecule has 2 nitrogen and oxygen atoms in total. The van der Waals surface area contributed by atoms with Crippen LogP contribution in [0.4, 0.5) is 0 Å². The molecular weight excluding hydrogens is 174 g/mol. The molecule has 1 saturated carbocycles. The van der Waals surface area contributed by atoms with Crippen molar-refractivity contribution in [3.8, 4) is 5.75 Å². The first-order valence-electron chi connectivity index (χ1n) is 5.25. The lowest BCUT2D eigenvalue weighted by molar-refractivity contribution is 0.475. The van der Waals surface area contributed by atoms with E-state index >= 15 is 0 Å². The van der Waals surface area contributed by atoms with Crippen LogP contribution in [0.2, 0.25) is 0 Å². The van der Waals surface area contributed by atoms with Gasteiger partial charge in [-0.25, -0.2) is 0 Å². The lowest BCUT2D eigenvalue weighted by Gasteiger charge is -2.07. The highest BCUT2D eigenvalue weighted by Crippen LogP contribution is 2.36. The van der Waals surface area contributed by atoms with Crippen LogP contribution in [0.1, 0.15) is 31.2 Å². The molecule has 0 saturated heterocycles. The topological polar surface area (TPSA) is 46.2 Å².